The minimum absolute atomic E-state index is 0.0702. The second-order valence-electron chi connectivity index (χ2n) is 19.0. The topological polar surface area (TPSA) is 69.6 Å². The van der Waals surface area contributed by atoms with Crippen molar-refractivity contribution < 1.29 is 15.0 Å². The minimum Gasteiger partial charge on any atom is -0.394 e. The van der Waals surface area contributed by atoms with Gasteiger partial charge < -0.3 is 15.5 Å². The van der Waals surface area contributed by atoms with Crippen LogP contribution >= 0.6 is 0 Å². The molecule has 0 fully saturated rings. The molecule has 4 heteroatoms. The molecule has 0 aromatic heterocycles. The first kappa shape index (κ1) is 59.6. The van der Waals surface area contributed by atoms with Gasteiger partial charge in [-0.15, -0.1) is 0 Å². The highest BCUT2D eigenvalue weighted by Gasteiger charge is 2.18. The van der Waals surface area contributed by atoms with Gasteiger partial charge >= 0.3 is 0 Å². The quantitative estimate of drug-likeness (QED) is 0.0422. The van der Waals surface area contributed by atoms with Gasteiger partial charge in [0.05, 0.1) is 18.8 Å². The summed E-state index contributed by atoms with van der Waals surface area (Å²) in [5.41, 5.74) is 0. The van der Waals surface area contributed by atoms with E-state index in [1.807, 2.05) is 6.08 Å². The number of carbonyl (C=O) groups is 1. The van der Waals surface area contributed by atoms with Gasteiger partial charge in [-0.25, -0.2) is 0 Å². The fourth-order valence-corrected chi connectivity index (χ4v) is 8.60. The minimum atomic E-state index is -0.859. The molecule has 0 aliphatic rings. The van der Waals surface area contributed by atoms with E-state index in [2.05, 4.69) is 43.5 Å². The van der Waals surface area contributed by atoms with Gasteiger partial charge in [-0.1, -0.05) is 275 Å². The van der Waals surface area contributed by atoms with Crippen molar-refractivity contribution in [3.63, 3.8) is 0 Å². The third-order valence-corrected chi connectivity index (χ3v) is 12.8. The van der Waals surface area contributed by atoms with Crippen LogP contribution in [-0.2, 0) is 4.79 Å². The van der Waals surface area contributed by atoms with Crippen molar-refractivity contribution in [2.75, 3.05) is 6.61 Å². The van der Waals surface area contributed by atoms with Gasteiger partial charge in [0, 0.05) is 6.42 Å². The Morgan fingerprint density at radius 3 is 0.951 bits per heavy atom. The van der Waals surface area contributed by atoms with E-state index in [1.165, 1.54) is 250 Å². The Morgan fingerprint density at radius 1 is 0.377 bits per heavy atom. The highest BCUT2D eigenvalue weighted by molar-refractivity contribution is 5.76. The molecular formula is C57H109NO3. The average Bonchev–Trinajstić information content (AvgIpc) is 3.26. The lowest BCUT2D eigenvalue weighted by Gasteiger charge is -2.19. The van der Waals surface area contributed by atoms with E-state index in [4.69, 9.17) is 0 Å². The van der Waals surface area contributed by atoms with Crippen LogP contribution in [0.1, 0.15) is 303 Å². The van der Waals surface area contributed by atoms with E-state index in [-0.39, 0.29) is 12.5 Å². The molecule has 3 N–H and O–H groups in total. The summed E-state index contributed by atoms with van der Waals surface area (Å²) in [5, 5.41) is 23.0. The maximum Gasteiger partial charge on any atom is 0.220 e. The number of carbonyl (C=O) groups excluding carboxylic acids is 1. The predicted molar refractivity (Wildman–Crippen MR) is 272 cm³/mol. The number of unbranched alkanes of at least 4 members (excludes halogenated alkanes) is 40. The molecule has 2 unspecified atom stereocenters. The van der Waals surface area contributed by atoms with Gasteiger partial charge in [0.1, 0.15) is 0 Å². The van der Waals surface area contributed by atoms with Crippen LogP contribution in [0.25, 0.3) is 0 Å². The summed E-state index contributed by atoms with van der Waals surface area (Å²) in [6, 6.07) is -0.635. The van der Waals surface area contributed by atoms with Gasteiger partial charge in [-0.3, -0.25) is 4.79 Å². The van der Waals surface area contributed by atoms with E-state index in [1.54, 1.807) is 6.08 Å². The lowest BCUT2D eigenvalue weighted by Crippen LogP contribution is -2.45. The molecule has 61 heavy (non-hydrogen) atoms. The molecule has 0 aromatic rings. The Hall–Kier alpha value is -1.39. The third kappa shape index (κ3) is 49.5. The summed E-state index contributed by atoms with van der Waals surface area (Å²) in [6.45, 7) is 4.30. The van der Waals surface area contributed by atoms with Crippen LogP contribution in [0.2, 0.25) is 0 Å². The molecule has 0 spiro atoms. The zero-order chi connectivity index (χ0) is 44.2. The van der Waals surface area contributed by atoms with Crippen molar-refractivity contribution in [2.45, 2.75) is 315 Å². The van der Waals surface area contributed by atoms with Gasteiger partial charge in [-0.05, 0) is 57.8 Å². The number of nitrogens with one attached hydrogen (secondary N) is 1. The lowest BCUT2D eigenvalue weighted by molar-refractivity contribution is -0.123. The van der Waals surface area contributed by atoms with Crippen LogP contribution in [0.3, 0.4) is 0 Å². The normalized spacial score (nSPS) is 13.0. The van der Waals surface area contributed by atoms with E-state index in [0.717, 1.165) is 32.1 Å². The molecule has 4 nitrogen and oxygen atoms in total. The zero-order valence-corrected chi connectivity index (χ0v) is 41.4. The van der Waals surface area contributed by atoms with Crippen molar-refractivity contribution in [3.8, 4) is 0 Å². The second kappa shape index (κ2) is 53.0. The lowest BCUT2D eigenvalue weighted by atomic mass is 10.0. The maximum atomic E-state index is 12.4. The first-order valence-corrected chi connectivity index (χ1v) is 27.7. The first-order chi connectivity index (χ1) is 30.2. The molecule has 0 aliphatic carbocycles. The molecule has 0 saturated heterocycles. The smallest absolute Gasteiger partial charge is 0.220 e. The van der Waals surface area contributed by atoms with Gasteiger partial charge in [-0.2, -0.15) is 0 Å². The summed E-state index contributed by atoms with van der Waals surface area (Å²) in [7, 11) is 0. The SMILES string of the molecule is CCCCCCCC/C=C/CC/C=C/C(O)C(CO)NC(=O)CCCCCCCCCCCCCCCCCCCCCCCCCCC/C=C\CCCCCCCCCC. The standard InChI is InChI=1S/C57H109NO3/c1-3-5-7-9-11-13-15-17-18-19-20-21-22-23-24-25-26-27-28-29-30-31-32-33-34-35-36-37-38-39-40-41-43-45-47-49-51-53-57(61)58-55(54-59)56(60)52-50-48-46-44-42-16-14-12-10-8-6-4-2/h19-20,42,44,50,52,55-56,59-60H,3-18,21-41,43,45-49,51,53-54H2,1-2H3,(H,58,61)/b20-19-,44-42+,52-50+. The molecule has 0 radical (unpaired) electrons. The van der Waals surface area contributed by atoms with Gasteiger partial charge in [0.25, 0.3) is 0 Å². The van der Waals surface area contributed by atoms with E-state index < -0.39 is 12.1 Å². The van der Waals surface area contributed by atoms with Crippen LogP contribution in [0, 0.1) is 0 Å². The highest BCUT2D eigenvalue weighted by Crippen LogP contribution is 2.17. The number of aliphatic hydroxyl groups excluding tert-OH is 2. The van der Waals surface area contributed by atoms with Crippen LogP contribution in [0.15, 0.2) is 36.5 Å². The number of aliphatic hydroxyl groups is 2. The highest BCUT2D eigenvalue weighted by atomic mass is 16.3. The number of rotatable bonds is 51. The largest absolute Gasteiger partial charge is 0.394 e. The zero-order valence-electron chi connectivity index (χ0n) is 41.4. The Bertz CT molecular complexity index is 928. The summed E-state index contributed by atoms with van der Waals surface area (Å²) in [5.74, 6) is -0.0702. The van der Waals surface area contributed by atoms with Crippen molar-refractivity contribution in [1.82, 2.24) is 5.32 Å². The number of amides is 1. The fourth-order valence-electron chi connectivity index (χ4n) is 8.60. The summed E-state index contributed by atoms with van der Waals surface area (Å²) in [4.78, 5) is 12.4. The molecule has 0 saturated carbocycles. The van der Waals surface area contributed by atoms with Crippen LogP contribution in [0.4, 0.5) is 0 Å². The van der Waals surface area contributed by atoms with Crippen LogP contribution < -0.4 is 5.32 Å². The maximum absolute atomic E-state index is 12.4. The summed E-state index contributed by atoms with van der Waals surface area (Å²) in [6.07, 6.45) is 71.8. The van der Waals surface area contributed by atoms with E-state index >= 15 is 0 Å². The third-order valence-electron chi connectivity index (χ3n) is 12.8. The Morgan fingerprint density at radius 2 is 0.639 bits per heavy atom. The Balaban J connectivity index is 3.38. The molecule has 2 atom stereocenters. The van der Waals surface area contributed by atoms with Crippen molar-refractivity contribution in [2.24, 2.45) is 0 Å². The molecular weight excluding hydrogens is 747 g/mol. The van der Waals surface area contributed by atoms with Crippen LogP contribution in [-0.4, -0.2) is 34.9 Å². The molecule has 0 aromatic carbocycles. The number of hydrogen-bond donors (Lipinski definition) is 3. The number of allylic oxidation sites excluding steroid dienone is 5. The van der Waals surface area contributed by atoms with Gasteiger partial charge in [0.2, 0.25) is 5.91 Å². The van der Waals surface area contributed by atoms with Crippen molar-refractivity contribution in [1.29, 1.82) is 0 Å². The Kier molecular flexibility index (Phi) is 51.7. The summed E-state index contributed by atoms with van der Waals surface area (Å²) >= 11 is 0. The fraction of sp³-hybridized carbons (Fsp3) is 0.877. The van der Waals surface area contributed by atoms with Gasteiger partial charge in [0.15, 0.2) is 0 Å². The first-order valence-electron chi connectivity index (χ1n) is 27.7. The Labute approximate surface area is 382 Å². The molecule has 360 valence electrons. The molecule has 0 aliphatic heterocycles. The number of hydrogen-bond acceptors (Lipinski definition) is 3. The predicted octanol–water partition coefficient (Wildman–Crippen LogP) is 18.1. The van der Waals surface area contributed by atoms with Crippen LogP contribution in [0.5, 0.6) is 0 Å². The molecule has 0 heterocycles. The summed E-state index contributed by atoms with van der Waals surface area (Å²) < 4.78 is 0. The molecule has 1 amide bonds. The second-order valence-corrected chi connectivity index (χ2v) is 19.0. The van der Waals surface area contributed by atoms with Crippen molar-refractivity contribution in [3.05, 3.63) is 36.5 Å². The molecule has 0 bridgehead atoms. The monoisotopic (exact) mass is 856 g/mol. The van der Waals surface area contributed by atoms with E-state index in [0.29, 0.717) is 6.42 Å². The van der Waals surface area contributed by atoms with Crippen molar-refractivity contribution >= 4 is 5.91 Å². The average molecular weight is 857 g/mol. The van der Waals surface area contributed by atoms with E-state index in [9.17, 15) is 15.0 Å². The molecule has 0 rings (SSSR count).